The third-order valence-electron chi connectivity index (χ3n) is 5.30. The fraction of sp³-hybridized carbons (Fsp3) is 0.333. The number of carbonyl (C=O) groups is 2. The Morgan fingerprint density at radius 3 is 1.93 bits per heavy atom. The maximum absolute atomic E-state index is 12.6. The number of hydrogen-bond donors (Lipinski definition) is 2. The molecule has 2 saturated heterocycles. The van der Waals surface area contributed by atoms with E-state index in [0.717, 1.165) is 13.1 Å². The summed E-state index contributed by atoms with van der Waals surface area (Å²) in [5.74, 6) is -0.121. The highest BCUT2D eigenvalue weighted by molar-refractivity contribution is 5.90. The first-order chi connectivity index (χ1) is 13.2. The summed E-state index contributed by atoms with van der Waals surface area (Å²) in [6, 6.07) is 20.7. The van der Waals surface area contributed by atoms with Crippen molar-refractivity contribution in [3.8, 4) is 0 Å². The van der Waals surface area contributed by atoms with Gasteiger partial charge in [0.25, 0.3) is 0 Å². The minimum atomic E-state index is -0.442. The second-order valence-electron chi connectivity index (χ2n) is 7.03. The molecule has 0 radical (unpaired) electrons. The van der Waals surface area contributed by atoms with Gasteiger partial charge in [-0.1, -0.05) is 60.7 Å². The number of rotatable bonds is 4. The highest BCUT2D eigenvalue weighted by Gasteiger charge is 2.34. The van der Waals surface area contributed by atoms with Gasteiger partial charge in [-0.3, -0.25) is 19.9 Å². The van der Waals surface area contributed by atoms with Gasteiger partial charge in [0.2, 0.25) is 11.8 Å². The second-order valence-corrected chi connectivity index (χ2v) is 7.03. The number of amides is 2. The van der Waals surface area contributed by atoms with Gasteiger partial charge < -0.3 is 4.90 Å². The highest BCUT2D eigenvalue weighted by atomic mass is 16.2. The van der Waals surface area contributed by atoms with Crippen LogP contribution in [0, 0.1) is 0 Å². The molecule has 2 fully saturated rings. The summed E-state index contributed by atoms with van der Waals surface area (Å²) in [5.41, 5.74) is 7.82. The van der Waals surface area contributed by atoms with E-state index in [4.69, 9.17) is 0 Å². The molecule has 2 aliphatic heterocycles. The standard InChI is InChI=1S/C21H24N4O2/c26-19-15-18(22-23-19)21(27)25-13-11-24(12-14-25)20(16-7-3-1-4-8-16)17-9-5-2-6-10-17/h1-10,18,20,22H,11-15H2,(H,23,26). The average molecular weight is 364 g/mol. The van der Waals surface area contributed by atoms with Crippen molar-refractivity contribution < 1.29 is 9.59 Å². The van der Waals surface area contributed by atoms with E-state index < -0.39 is 6.04 Å². The van der Waals surface area contributed by atoms with Gasteiger partial charge in [-0.15, -0.1) is 0 Å². The van der Waals surface area contributed by atoms with Crippen molar-refractivity contribution in [1.29, 1.82) is 0 Å². The zero-order chi connectivity index (χ0) is 18.6. The van der Waals surface area contributed by atoms with E-state index in [0.29, 0.717) is 13.1 Å². The first kappa shape index (κ1) is 17.7. The van der Waals surface area contributed by atoms with Crippen LogP contribution in [-0.2, 0) is 9.59 Å². The van der Waals surface area contributed by atoms with Crippen LogP contribution >= 0.6 is 0 Å². The van der Waals surface area contributed by atoms with Crippen molar-refractivity contribution in [2.24, 2.45) is 0 Å². The average Bonchev–Trinajstić information content (AvgIpc) is 3.16. The summed E-state index contributed by atoms with van der Waals surface area (Å²) >= 11 is 0. The Kier molecular flexibility index (Phi) is 5.18. The third kappa shape index (κ3) is 3.86. The first-order valence-corrected chi connectivity index (χ1v) is 9.39. The van der Waals surface area contributed by atoms with Gasteiger partial charge in [-0.25, -0.2) is 5.43 Å². The second kappa shape index (κ2) is 7.90. The number of piperazine rings is 1. The third-order valence-corrected chi connectivity index (χ3v) is 5.30. The topological polar surface area (TPSA) is 64.7 Å². The molecule has 140 valence electrons. The van der Waals surface area contributed by atoms with Gasteiger partial charge in [0.15, 0.2) is 0 Å². The summed E-state index contributed by atoms with van der Waals surface area (Å²) in [7, 11) is 0. The molecule has 0 aromatic heterocycles. The number of hydrazine groups is 1. The molecular formula is C21H24N4O2. The summed E-state index contributed by atoms with van der Waals surface area (Å²) in [6.07, 6.45) is 0.218. The molecule has 1 unspecified atom stereocenters. The Morgan fingerprint density at radius 2 is 1.44 bits per heavy atom. The van der Waals surface area contributed by atoms with Gasteiger partial charge in [0.1, 0.15) is 6.04 Å². The van der Waals surface area contributed by atoms with Gasteiger partial charge >= 0.3 is 0 Å². The summed E-state index contributed by atoms with van der Waals surface area (Å²) < 4.78 is 0. The Morgan fingerprint density at radius 1 is 0.889 bits per heavy atom. The number of benzene rings is 2. The smallest absolute Gasteiger partial charge is 0.242 e. The van der Waals surface area contributed by atoms with Crippen LogP contribution in [0.25, 0.3) is 0 Å². The van der Waals surface area contributed by atoms with Crippen LogP contribution in [-0.4, -0.2) is 53.8 Å². The number of nitrogens with zero attached hydrogens (tertiary/aromatic N) is 2. The minimum absolute atomic E-state index is 0.00368. The maximum atomic E-state index is 12.6. The molecule has 0 bridgehead atoms. The molecule has 2 amide bonds. The van der Waals surface area contributed by atoms with E-state index in [2.05, 4.69) is 64.3 Å². The Labute approximate surface area is 159 Å². The lowest BCUT2D eigenvalue weighted by atomic mass is 9.96. The number of carbonyl (C=O) groups excluding carboxylic acids is 2. The predicted molar refractivity (Wildman–Crippen MR) is 103 cm³/mol. The lowest BCUT2D eigenvalue weighted by Gasteiger charge is -2.40. The molecule has 2 N–H and O–H groups in total. The van der Waals surface area contributed by atoms with Crippen LogP contribution in [0.4, 0.5) is 0 Å². The van der Waals surface area contributed by atoms with Crippen LogP contribution in [0.3, 0.4) is 0 Å². The Hall–Kier alpha value is -2.70. The summed E-state index contributed by atoms with van der Waals surface area (Å²) in [4.78, 5) is 28.3. The number of nitrogens with one attached hydrogen (secondary N) is 2. The highest BCUT2D eigenvalue weighted by Crippen LogP contribution is 2.29. The van der Waals surface area contributed by atoms with E-state index in [1.165, 1.54) is 11.1 Å². The molecule has 0 spiro atoms. The molecule has 2 aromatic carbocycles. The normalized spacial score (nSPS) is 20.7. The van der Waals surface area contributed by atoms with Crippen molar-refractivity contribution in [3.05, 3.63) is 71.8 Å². The van der Waals surface area contributed by atoms with Crippen molar-refractivity contribution >= 4 is 11.8 Å². The molecule has 2 heterocycles. The molecule has 27 heavy (non-hydrogen) atoms. The van der Waals surface area contributed by atoms with Crippen LogP contribution in [0.5, 0.6) is 0 Å². The molecule has 4 rings (SSSR count). The van der Waals surface area contributed by atoms with Gasteiger partial charge in [-0.05, 0) is 11.1 Å². The zero-order valence-corrected chi connectivity index (χ0v) is 15.2. The molecule has 1 atom stereocenters. The van der Waals surface area contributed by atoms with E-state index >= 15 is 0 Å². The predicted octanol–water partition coefficient (Wildman–Crippen LogP) is 1.31. The Bertz CT molecular complexity index is 749. The van der Waals surface area contributed by atoms with Crippen LogP contribution in [0.2, 0.25) is 0 Å². The van der Waals surface area contributed by atoms with E-state index in [1.54, 1.807) is 0 Å². The van der Waals surface area contributed by atoms with Crippen molar-refractivity contribution in [2.75, 3.05) is 26.2 Å². The van der Waals surface area contributed by atoms with Crippen LogP contribution < -0.4 is 10.9 Å². The fourth-order valence-corrected chi connectivity index (χ4v) is 3.91. The monoisotopic (exact) mass is 364 g/mol. The van der Waals surface area contributed by atoms with Gasteiger partial charge in [0.05, 0.1) is 12.5 Å². The molecule has 2 aliphatic rings. The fourth-order valence-electron chi connectivity index (χ4n) is 3.91. The Balaban J connectivity index is 1.47. The van der Waals surface area contributed by atoms with Gasteiger partial charge in [-0.2, -0.15) is 0 Å². The largest absolute Gasteiger partial charge is 0.339 e. The molecular weight excluding hydrogens is 340 g/mol. The quantitative estimate of drug-likeness (QED) is 0.859. The van der Waals surface area contributed by atoms with E-state index in [9.17, 15) is 9.59 Å². The first-order valence-electron chi connectivity index (χ1n) is 9.39. The van der Waals surface area contributed by atoms with Crippen molar-refractivity contribution in [1.82, 2.24) is 20.7 Å². The van der Waals surface area contributed by atoms with Crippen LogP contribution in [0.1, 0.15) is 23.6 Å². The summed E-state index contributed by atoms with van der Waals surface area (Å²) in [5, 5.41) is 0. The maximum Gasteiger partial charge on any atom is 0.242 e. The lowest BCUT2D eigenvalue weighted by molar-refractivity contribution is -0.135. The number of hydrogen-bond acceptors (Lipinski definition) is 4. The molecule has 6 heteroatoms. The molecule has 2 aromatic rings. The van der Waals surface area contributed by atoms with Crippen LogP contribution in [0.15, 0.2) is 60.7 Å². The van der Waals surface area contributed by atoms with E-state index in [-0.39, 0.29) is 24.3 Å². The molecule has 6 nitrogen and oxygen atoms in total. The lowest BCUT2D eigenvalue weighted by Crippen LogP contribution is -2.54. The SMILES string of the molecule is O=C1CC(C(=O)N2CCN(C(c3ccccc3)c3ccccc3)CC2)NN1. The minimum Gasteiger partial charge on any atom is -0.339 e. The van der Waals surface area contributed by atoms with E-state index in [1.807, 2.05) is 17.0 Å². The zero-order valence-electron chi connectivity index (χ0n) is 15.2. The summed E-state index contributed by atoms with van der Waals surface area (Å²) in [6.45, 7) is 2.94. The van der Waals surface area contributed by atoms with Crippen molar-refractivity contribution in [2.45, 2.75) is 18.5 Å². The van der Waals surface area contributed by atoms with Gasteiger partial charge in [0, 0.05) is 26.2 Å². The molecule has 0 saturated carbocycles. The van der Waals surface area contributed by atoms with Crippen molar-refractivity contribution in [3.63, 3.8) is 0 Å². The molecule has 0 aliphatic carbocycles.